The van der Waals surface area contributed by atoms with Crippen molar-refractivity contribution in [2.24, 2.45) is 0 Å². The smallest absolute Gasteiger partial charge is 0.125 e. The lowest BCUT2D eigenvalue weighted by Crippen LogP contribution is -1.97. The number of nitrogens with one attached hydrogen (secondary N) is 1. The summed E-state index contributed by atoms with van der Waals surface area (Å²) in [6.07, 6.45) is 0. The van der Waals surface area contributed by atoms with E-state index < -0.39 is 0 Å². The van der Waals surface area contributed by atoms with Crippen molar-refractivity contribution >= 4 is 17.1 Å². The second-order valence-electron chi connectivity index (χ2n) is 3.59. The highest BCUT2D eigenvalue weighted by Gasteiger charge is 2.02. The molecule has 2 rings (SSSR count). The van der Waals surface area contributed by atoms with Gasteiger partial charge in [0.1, 0.15) is 11.6 Å². The molecule has 0 fully saturated rings. The topological polar surface area (TPSA) is 47.3 Å². The molecule has 0 saturated heterocycles. The molecule has 0 aliphatic rings. The number of nitrogens with two attached hydrogens (primary N) is 1. The molecule has 17 heavy (non-hydrogen) atoms. The minimum Gasteiger partial charge on any atom is -0.497 e. The van der Waals surface area contributed by atoms with Crippen molar-refractivity contribution < 1.29 is 9.13 Å². The Morgan fingerprint density at radius 1 is 1.18 bits per heavy atom. The number of benzene rings is 2. The standard InChI is InChI=1S/C13H13FN2O/c1-17-11-4-2-3-10(8-11)16-13-6-5-9(14)7-12(13)15/h2-8,16H,15H2,1H3. The molecule has 2 aromatic carbocycles. The number of hydrogen-bond donors (Lipinski definition) is 2. The van der Waals surface area contributed by atoms with Crippen molar-refractivity contribution in [3.63, 3.8) is 0 Å². The number of halogens is 1. The first-order valence-electron chi connectivity index (χ1n) is 5.15. The van der Waals surface area contributed by atoms with E-state index in [0.29, 0.717) is 11.4 Å². The van der Waals surface area contributed by atoms with E-state index in [0.717, 1.165) is 11.4 Å². The molecule has 0 unspecified atom stereocenters. The molecule has 0 saturated carbocycles. The van der Waals surface area contributed by atoms with Crippen LogP contribution in [-0.4, -0.2) is 7.11 Å². The van der Waals surface area contributed by atoms with Gasteiger partial charge in [-0.1, -0.05) is 6.07 Å². The molecule has 3 nitrogen and oxygen atoms in total. The lowest BCUT2D eigenvalue weighted by Gasteiger charge is -2.10. The quantitative estimate of drug-likeness (QED) is 0.799. The Morgan fingerprint density at radius 2 is 2.00 bits per heavy atom. The van der Waals surface area contributed by atoms with Crippen LogP contribution in [0.3, 0.4) is 0 Å². The van der Waals surface area contributed by atoms with Gasteiger partial charge in [0, 0.05) is 11.8 Å². The van der Waals surface area contributed by atoms with Gasteiger partial charge in [0.05, 0.1) is 18.5 Å². The van der Waals surface area contributed by atoms with Crippen LogP contribution >= 0.6 is 0 Å². The normalized spacial score (nSPS) is 10.0. The number of nitrogen functional groups attached to an aromatic ring is 1. The third-order valence-electron chi connectivity index (χ3n) is 2.36. The monoisotopic (exact) mass is 232 g/mol. The maximum absolute atomic E-state index is 12.9. The average molecular weight is 232 g/mol. The second-order valence-corrected chi connectivity index (χ2v) is 3.59. The van der Waals surface area contributed by atoms with E-state index >= 15 is 0 Å². The Morgan fingerprint density at radius 3 is 2.71 bits per heavy atom. The van der Waals surface area contributed by atoms with Gasteiger partial charge < -0.3 is 15.8 Å². The van der Waals surface area contributed by atoms with E-state index in [1.54, 1.807) is 13.2 Å². The number of anilines is 3. The highest BCUT2D eigenvalue weighted by molar-refractivity contribution is 5.72. The van der Waals surface area contributed by atoms with E-state index in [2.05, 4.69) is 5.32 Å². The summed E-state index contributed by atoms with van der Waals surface area (Å²) in [6.45, 7) is 0. The second kappa shape index (κ2) is 4.74. The van der Waals surface area contributed by atoms with Crippen LogP contribution < -0.4 is 15.8 Å². The maximum atomic E-state index is 12.9. The van der Waals surface area contributed by atoms with Gasteiger partial charge >= 0.3 is 0 Å². The van der Waals surface area contributed by atoms with Crippen molar-refractivity contribution in [2.45, 2.75) is 0 Å². The summed E-state index contributed by atoms with van der Waals surface area (Å²) in [7, 11) is 1.60. The highest BCUT2D eigenvalue weighted by Crippen LogP contribution is 2.25. The van der Waals surface area contributed by atoms with Crippen molar-refractivity contribution in [1.82, 2.24) is 0 Å². The molecule has 0 amide bonds. The summed E-state index contributed by atoms with van der Waals surface area (Å²) in [4.78, 5) is 0. The van der Waals surface area contributed by atoms with Crippen LogP contribution in [0.5, 0.6) is 5.75 Å². The molecular formula is C13H13FN2O. The first-order valence-corrected chi connectivity index (χ1v) is 5.15. The van der Waals surface area contributed by atoms with Crippen molar-refractivity contribution in [1.29, 1.82) is 0 Å². The summed E-state index contributed by atoms with van der Waals surface area (Å²) in [5, 5.41) is 3.10. The molecule has 0 radical (unpaired) electrons. The van der Waals surface area contributed by atoms with E-state index in [9.17, 15) is 4.39 Å². The Balaban J connectivity index is 2.25. The van der Waals surface area contributed by atoms with Crippen molar-refractivity contribution in [3.05, 3.63) is 48.3 Å². The van der Waals surface area contributed by atoms with Crippen LogP contribution in [0.25, 0.3) is 0 Å². The maximum Gasteiger partial charge on any atom is 0.125 e. The predicted molar refractivity (Wildman–Crippen MR) is 67.1 cm³/mol. The lowest BCUT2D eigenvalue weighted by molar-refractivity contribution is 0.415. The van der Waals surface area contributed by atoms with Crippen LogP contribution in [0.2, 0.25) is 0 Å². The van der Waals surface area contributed by atoms with Gasteiger partial charge in [0.15, 0.2) is 0 Å². The van der Waals surface area contributed by atoms with Gasteiger partial charge in [0.25, 0.3) is 0 Å². The zero-order chi connectivity index (χ0) is 12.3. The van der Waals surface area contributed by atoms with Gasteiger partial charge in [-0.3, -0.25) is 0 Å². The van der Waals surface area contributed by atoms with Crippen LogP contribution in [-0.2, 0) is 0 Å². The van der Waals surface area contributed by atoms with Crippen molar-refractivity contribution in [2.75, 3.05) is 18.2 Å². The van der Waals surface area contributed by atoms with Gasteiger partial charge in [-0.15, -0.1) is 0 Å². The Kier molecular flexibility index (Phi) is 3.14. The minimum atomic E-state index is -0.348. The fourth-order valence-corrected chi connectivity index (χ4v) is 1.50. The van der Waals surface area contributed by atoms with Crippen LogP contribution in [0, 0.1) is 5.82 Å². The molecule has 0 heterocycles. The van der Waals surface area contributed by atoms with Gasteiger partial charge in [-0.2, -0.15) is 0 Å². The third-order valence-corrected chi connectivity index (χ3v) is 2.36. The predicted octanol–water partition coefficient (Wildman–Crippen LogP) is 3.16. The third kappa shape index (κ3) is 2.66. The van der Waals surface area contributed by atoms with E-state index in [1.165, 1.54) is 12.1 Å². The van der Waals surface area contributed by atoms with Crippen LogP contribution in [0.4, 0.5) is 21.5 Å². The van der Waals surface area contributed by atoms with Crippen LogP contribution in [0.1, 0.15) is 0 Å². The first kappa shape index (κ1) is 11.3. The Bertz CT molecular complexity index is 529. The number of rotatable bonds is 3. The molecule has 88 valence electrons. The SMILES string of the molecule is COc1cccc(Nc2ccc(F)cc2N)c1. The number of methoxy groups -OCH3 is 1. The molecule has 0 aliphatic heterocycles. The van der Waals surface area contributed by atoms with Gasteiger partial charge in [-0.25, -0.2) is 4.39 Å². The number of ether oxygens (including phenoxy) is 1. The Hall–Kier alpha value is -2.23. The van der Waals surface area contributed by atoms with E-state index in [-0.39, 0.29) is 5.82 Å². The molecule has 0 bridgehead atoms. The molecule has 0 spiro atoms. The van der Waals surface area contributed by atoms with E-state index in [1.807, 2.05) is 24.3 Å². The molecule has 0 aromatic heterocycles. The molecule has 0 atom stereocenters. The van der Waals surface area contributed by atoms with E-state index in [4.69, 9.17) is 10.5 Å². The van der Waals surface area contributed by atoms with Crippen molar-refractivity contribution in [3.8, 4) is 5.75 Å². The molecule has 2 aromatic rings. The summed E-state index contributed by atoms with van der Waals surface area (Å²) < 4.78 is 18.0. The first-order chi connectivity index (χ1) is 8.19. The zero-order valence-electron chi connectivity index (χ0n) is 9.41. The molecule has 3 N–H and O–H groups in total. The summed E-state index contributed by atoms with van der Waals surface area (Å²) in [6, 6.07) is 11.7. The molecular weight excluding hydrogens is 219 g/mol. The molecule has 0 aliphatic carbocycles. The minimum absolute atomic E-state index is 0.348. The lowest BCUT2D eigenvalue weighted by atomic mass is 10.2. The molecule has 4 heteroatoms. The average Bonchev–Trinajstić information content (AvgIpc) is 2.33. The van der Waals surface area contributed by atoms with Gasteiger partial charge in [0.2, 0.25) is 0 Å². The van der Waals surface area contributed by atoms with Gasteiger partial charge in [-0.05, 0) is 30.3 Å². The fraction of sp³-hybridized carbons (Fsp3) is 0.0769. The summed E-state index contributed by atoms with van der Waals surface area (Å²) in [5.41, 5.74) is 7.58. The fourth-order valence-electron chi connectivity index (χ4n) is 1.50. The number of hydrogen-bond acceptors (Lipinski definition) is 3. The largest absolute Gasteiger partial charge is 0.497 e. The zero-order valence-corrected chi connectivity index (χ0v) is 9.41. The Labute approximate surface area is 99.0 Å². The summed E-state index contributed by atoms with van der Waals surface area (Å²) >= 11 is 0. The summed E-state index contributed by atoms with van der Waals surface area (Å²) in [5.74, 6) is 0.398. The highest BCUT2D eigenvalue weighted by atomic mass is 19.1. The van der Waals surface area contributed by atoms with Crippen LogP contribution in [0.15, 0.2) is 42.5 Å².